The highest BCUT2D eigenvalue weighted by Gasteiger charge is 2.26. The van der Waals surface area contributed by atoms with Crippen LogP contribution < -0.4 is 10.9 Å². The molecule has 0 fully saturated rings. The van der Waals surface area contributed by atoms with E-state index in [2.05, 4.69) is 10.4 Å². The molecule has 5 nitrogen and oxygen atoms in total. The number of nitrogens with one attached hydrogen (secondary N) is 1. The number of hydrogen-bond donors (Lipinski definition) is 1. The fourth-order valence-electron chi connectivity index (χ4n) is 3.07. The smallest absolute Gasteiger partial charge is 0.287 e. The molecule has 0 amide bonds. The molecule has 26 heavy (non-hydrogen) atoms. The van der Waals surface area contributed by atoms with Gasteiger partial charge in [0.05, 0.1) is 23.6 Å². The van der Waals surface area contributed by atoms with Crippen molar-refractivity contribution in [1.29, 1.82) is 0 Å². The summed E-state index contributed by atoms with van der Waals surface area (Å²) in [5.41, 5.74) is 2.05. The second kappa shape index (κ2) is 6.81. The summed E-state index contributed by atoms with van der Waals surface area (Å²) in [6.07, 6.45) is 4.44. The average molecular weight is 391 g/mol. The summed E-state index contributed by atoms with van der Waals surface area (Å²) in [4.78, 5) is 18.0. The maximum atomic E-state index is 13.2. The van der Waals surface area contributed by atoms with Gasteiger partial charge in [-0.05, 0) is 43.5 Å². The van der Waals surface area contributed by atoms with Crippen molar-refractivity contribution in [3.8, 4) is 10.6 Å². The third kappa shape index (κ3) is 3.12. The van der Waals surface area contributed by atoms with Crippen LogP contribution in [0.2, 0.25) is 5.02 Å². The van der Waals surface area contributed by atoms with E-state index in [1.165, 1.54) is 21.7 Å². The summed E-state index contributed by atoms with van der Waals surface area (Å²) in [5, 5.41) is 8.35. The van der Waals surface area contributed by atoms with E-state index in [-0.39, 0.29) is 22.4 Å². The minimum absolute atomic E-state index is 0.0318. The van der Waals surface area contributed by atoms with E-state index in [1.54, 1.807) is 36.7 Å². The van der Waals surface area contributed by atoms with Gasteiger partial charge in [0, 0.05) is 17.5 Å². The highest BCUT2D eigenvalue weighted by molar-refractivity contribution is 7.15. The van der Waals surface area contributed by atoms with Gasteiger partial charge in [-0.2, -0.15) is 5.10 Å². The molecule has 1 unspecified atom stereocenters. The number of aryl methyl sites for hydroxylation is 2. The Morgan fingerprint density at radius 1 is 1.35 bits per heavy atom. The first-order valence-corrected chi connectivity index (χ1v) is 9.46. The Morgan fingerprint density at radius 3 is 2.88 bits per heavy atom. The maximum Gasteiger partial charge on any atom is 0.287 e. The normalized spacial score (nSPS) is 16.3. The van der Waals surface area contributed by atoms with Gasteiger partial charge in [0.15, 0.2) is 0 Å². The van der Waals surface area contributed by atoms with E-state index >= 15 is 0 Å². The molecule has 8 heteroatoms. The number of aromatic nitrogens is 3. The van der Waals surface area contributed by atoms with Gasteiger partial charge in [-0.15, -0.1) is 11.3 Å². The maximum absolute atomic E-state index is 13.2. The summed E-state index contributed by atoms with van der Waals surface area (Å²) >= 11 is 7.80. The van der Waals surface area contributed by atoms with Crippen LogP contribution in [0.1, 0.15) is 29.5 Å². The van der Waals surface area contributed by atoms with Crippen LogP contribution in [0.15, 0.2) is 35.3 Å². The molecular formula is C18H16ClFN4OS. The molecule has 1 atom stereocenters. The van der Waals surface area contributed by atoms with Crippen molar-refractivity contribution >= 4 is 28.6 Å². The second-order valence-corrected chi connectivity index (χ2v) is 7.69. The van der Waals surface area contributed by atoms with Crippen molar-refractivity contribution < 1.29 is 4.39 Å². The van der Waals surface area contributed by atoms with E-state index in [9.17, 15) is 9.18 Å². The number of halogens is 2. The zero-order valence-corrected chi connectivity index (χ0v) is 15.6. The Bertz CT molecular complexity index is 1020. The van der Waals surface area contributed by atoms with Gasteiger partial charge in [-0.3, -0.25) is 4.79 Å². The lowest BCUT2D eigenvalue weighted by atomic mass is 9.97. The van der Waals surface area contributed by atoms with Crippen molar-refractivity contribution in [2.24, 2.45) is 7.05 Å². The van der Waals surface area contributed by atoms with E-state index in [0.29, 0.717) is 5.69 Å². The van der Waals surface area contributed by atoms with Gasteiger partial charge in [0.2, 0.25) is 0 Å². The standard InChI is InChI=1S/C18H16ClFN4OS/c1-24-18(25)15(19)13(9-21-24)22-12-3-2-4-14-16(12)23-17(26-14)10-5-7-11(20)8-6-10/h5-9,12,22H,2-4H2,1H3. The van der Waals surface area contributed by atoms with Crippen molar-refractivity contribution in [3.05, 3.63) is 62.2 Å². The summed E-state index contributed by atoms with van der Waals surface area (Å²) in [6, 6.07) is 6.33. The lowest BCUT2D eigenvalue weighted by molar-refractivity contribution is 0.592. The van der Waals surface area contributed by atoms with Crippen molar-refractivity contribution in [2.45, 2.75) is 25.3 Å². The van der Waals surface area contributed by atoms with E-state index in [0.717, 1.165) is 35.5 Å². The monoisotopic (exact) mass is 390 g/mol. The second-order valence-electron chi connectivity index (χ2n) is 6.22. The van der Waals surface area contributed by atoms with Crippen LogP contribution in [0.25, 0.3) is 10.6 Å². The molecule has 4 rings (SSSR count). The number of nitrogens with zero attached hydrogens (tertiary/aromatic N) is 3. The first kappa shape index (κ1) is 17.2. The van der Waals surface area contributed by atoms with Crippen LogP contribution in [0, 0.1) is 5.82 Å². The molecular weight excluding hydrogens is 375 g/mol. The molecule has 0 bridgehead atoms. The Labute approximate surface area is 158 Å². The summed E-state index contributed by atoms with van der Waals surface area (Å²) < 4.78 is 14.4. The lowest BCUT2D eigenvalue weighted by Gasteiger charge is -2.23. The van der Waals surface area contributed by atoms with Crippen LogP contribution in [-0.4, -0.2) is 14.8 Å². The molecule has 2 heterocycles. The quantitative estimate of drug-likeness (QED) is 0.728. The largest absolute Gasteiger partial charge is 0.374 e. The van der Waals surface area contributed by atoms with E-state index < -0.39 is 0 Å². The molecule has 1 aliphatic carbocycles. The Balaban J connectivity index is 1.66. The molecule has 0 aliphatic heterocycles. The Kier molecular flexibility index (Phi) is 4.50. The molecule has 2 aromatic heterocycles. The van der Waals surface area contributed by atoms with Gasteiger partial charge in [0.1, 0.15) is 15.8 Å². The minimum Gasteiger partial charge on any atom is -0.374 e. The number of fused-ring (bicyclic) bond motifs is 1. The zero-order valence-electron chi connectivity index (χ0n) is 14.0. The Morgan fingerprint density at radius 2 is 2.12 bits per heavy atom. The number of thiazole rings is 1. The summed E-state index contributed by atoms with van der Waals surface area (Å²) in [6.45, 7) is 0. The third-order valence-electron chi connectivity index (χ3n) is 4.45. The van der Waals surface area contributed by atoms with Crippen LogP contribution in [0.4, 0.5) is 10.1 Å². The van der Waals surface area contributed by atoms with Crippen LogP contribution in [0.5, 0.6) is 0 Å². The topological polar surface area (TPSA) is 59.8 Å². The molecule has 1 N–H and O–H groups in total. The highest BCUT2D eigenvalue weighted by atomic mass is 35.5. The predicted octanol–water partition coefficient (Wildman–Crippen LogP) is 4.19. The van der Waals surface area contributed by atoms with Gasteiger partial charge in [0.25, 0.3) is 5.56 Å². The van der Waals surface area contributed by atoms with Crippen molar-refractivity contribution in [2.75, 3.05) is 5.32 Å². The molecule has 0 radical (unpaired) electrons. The van der Waals surface area contributed by atoms with E-state index in [1.807, 2.05) is 0 Å². The minimum atomic E-state index is -0.335. The molecule has 0 saturated heterocycles. The van der Waals surface area contributed by atoms with Gasteiger partial charge >= 0.3 is 0 Å². The SMILES string of the molecule is Cn1ncc(NC2CCCc3sc(-c4ccc(F)cc4)nc32)c(Cl)c1=O. The average Bonchev–Trinajstić information content (AvgIpc) is 3.08. The summed E-state index contributed by atoms with van der Waals surface area (Å²) in [7, 11) is 1.56. The van der Waals surface area contributed by atoms with E-state index in [4.69, 9.17) is 16.6 Å². The van der Waals surface area contributed by atoms with Crippen molar-refractivity contribution in [3.63, 3.8) is 0 Å². The van der Waals surface area contributed by atoms with Gasteiger partial charge < -0.3 is 5.32 Å². The zero-order chi connectivity index (χ0) is 18.3. The molecule has 0 spiro atoms. The lowest BCUT2D eigenvalue weighted by Crippen LogP contribution is -2.23. The van der Waals surface area contributed by atoms with Crippen LogP contribution in [-0.2, 0) is 13.5 Å². The van der Waals surface area contributed by atoms with Crippen molar-refractivity contribution in [1.82, 2.24) is 14.8 Å². The summed E-state index contributed by atoms with van der Waals surface area (Å²) in [5.74, 6) is -0.262. The van der Waals surface area contributed by atoms with Gasteiger partial charge in [-0.25, -0.2) is 14.1 Å². The number of anilines is 1. The molecule has 134 valence electrons. The van der Waals surface area contributed by atoms with Crippen LogP contribution in [0.3, 0.4) is 0 Å². The third-order valence-corrected chi connectivity index (χ3v) is 6.00. The van der Waals surface area contributed by atoms with Gasteiger partial charge in [-0.1, -0.05) is 11.6 Å². The first-order valence-electron chi connectivity index (χ1n) is 8.27. The molecule has 0 saturated carbocycles. The Hall–Kier alpha value is -2.25. The highest BCUT2D eigenvalue weighted by Crippen LogP contribution is 2.39. The van der Waals surface area contributed by atoms with Crippen LogP contribution >= 0.6 is 22.9 Å². The molecule has 1 aromatic carbocycles. The predicted molar refractivity (Wildman–Crippen MR) is 101 cm³/mol. The number of rotatable bonds is 3. The fraction of sp³-hybridized carbons (Fsp3) is 0.278. The molecule has 3 aromatic rings. The molecule has 1 aliphatic rings. The number of benzene rings is 1. The fourth-order valence-corrected chi connectivity index (χ4v) is 4.47. The number of hydrogen-bond acceptors (Lipinski definition) is 5. The first-order chi connectivity index (χ1) is 12.5.